The lowest BCUT2D eigenvalue weighted by Crippen LogP contribution is -2.37. The van der Waals surface area contributed by atoms with Crippen molar-refractivity contribution >= 4 is 5.97 Å². The largest absolute Gasteiger partial charge is 0.493 e. The number of carbonyl (C=O) groups excluding carboxylic acids is 1. The summed E-state index contributed by atoms with van der Waals surface area (Å²) < 4.78 is 22.1. The van der Waals surface area contributed by atoms with Gasteiger partial charge in [-0.2, -0.15) is 0 Å². The highest BCUT2D eigenvalue weighted by Gasteiger charge is 2.39. The van der Waals surface area contributed by atoms with Gasteiger partial charge in [-0.25, -0.2) is 0 Å². The Kier molecular flexibility index (Phi) is 10.1. The molecule has 0 aliphatic carbocycles. The number of esters is 1. The van der Waals surface area contributed by atoms with Crippen LogP contribution in [0.3, 0.4) is 0 Å². The molecule has 6 nitrogen and oxygen atoms in total. The minimum absolute atomic E-state index is 0.0343. The minimum Gasteiger partial charge on any atom is -0.493 e. The highest BCUT2D eigenvalue weighted by atomic mass is 16.6. The molecule has 1 unspecified atom stereocenters. The van der Waals surface area contributed by atoms with E-state index in [2.05, 4.69) is 39.8 Å². The van der Waals surface area contributed by atoms with Crippen LogP contribution < -0.4 is 15.2 Å². The molecule has 0 amide bonds. The summed E-state index contributed by atoms with van der Waals surface area (Å²) in [6, 6.07) is 5.97. The van der Waals surface area contributed by atoms with Crippen LogP contribution in [0, 0.1) is 23.7 Å². The van der Waals surface area contributed by atoms with Crippen LogP contribution in [-0.2, 0) is 20.7 Å². The molecule has 0 spiro atoms. The van der Waals surface area contributed by atoms with Crippen LogP contribution in [0.15, 0.2) is 18.2 Å². The van der Waals surface area contributed by atoms with Crippen molar-refractivity contribution in [3.63, 3.8) is 0 Å². The number of ether oxygens (including phenoxy) is 4. The summed E-state index contributed by atoms with van der Waals surface area (Å²) in [6.07, 6.45) is 3.07. The first-order chi connectivity index (χ1) is 14.8. The van der Waals surface area contributed by atoms with Crippen molar-refractivity contribution in [2.45, 2.75) is 65.5 Å². The topological polar surface area (TPSA) is 80.0 Å². The molecule has 6 heteroatoms. The maximum atomic E-state index is 12.2. The average Bonchev–Trinajstić information content (AvgIpc) is 3.13. The van der Waals surface area contributed by atoms with E-state index in [1.807, 2.05) is 6.07 Å². The Morgan fingerprint density at radius 3 is 2.45 bits per heavy atom. The maximum absolute atomic E-state index is 12.2. The van der Waals surface area contributed by atoms with Gasteiger partial charge in [-0.05, 0) is 54.7 Å². The zero-order valence-corrected chi connectivity index (χ0v) is 20.1. The van der Waals surface area contributed by atoms with Gasteiger partial charge in [0.2, 0.25) is 0 Å². The number of benzene rings is 1. The van der Waals surface area contributed by atoms with E-state index in [0.717, 1.165) is 37.2 Å². The third kappa shape index (κ3) is 7.39. The maximum Gasteiger partial charge on any atom is 0.309 e. The van der Waals surface area contributed by atoms with Crippen molar-refractivity contribution in [2.75, 3.05) is 27.4 Å². The number of rotatable bonds is 13. The summed E-state index contributed by atoms with van der Waals surface area (Å²) in [5.41, 5.74) is 7.72. The van der Waals surface area contributed by atoms with Gasteiger partial charge < -0.3 is 24.7 Å². The Morgan fingerprint density at radius 2 is 1.87 bits per heavy atom. The van der Waals surface area contributed by atoms with Gasteiger partial charge in [0.05, 0.1) is 19.6 Å². The quantitative estimate of drug-likeness (QED) is 0.369. The molecule has 1 aromatic rings. The summed E-state index contributed by atoms with van der Waals surface area (Å²) in [5.74, 6) is 2.48. The van der Waals surface area contributed by atoms with Gasteiger partial charge in [-0.15, -0.1) is 0 Å². The van der Waals surface area contributed by atoms with Crippen molar-refractivity contribution in [1.82, 2.24) is 0 Å². The first-order valence-electron chi connectivity index (χ1n) is 11.5. The predicted molar refractivity (Wildman–Crippen MR) is 122 cm³/mol. The Hall–Kier alpha value is -1.79. The van der Waals surface area contributed by atoms with Crippen LogP contribution in [0.25, 0.3) is 0 Å². The second kappa shape index (κ2) is 12.3. The molecule has 0 radical (unpaired) electrons. The van der Waals surface area contributed by atoms with Crippen molar-refractivity contribution in [2.24, 2.45) is 29.4 Å². The molecule has 1 saturated heterocycles. The number of nitrogens with two attached hydrogens (primary N) is 1. The van der Waals surface area contributed by atoms with Crippen LogP contribution in [0.5, 0.6) is 11.5 Å². The van der Waals surface area contributed by atoms with E-state index >= 15 is 0 Å². The molecule has 1 fully saturated rings. The van der Waals surface area contributed by atoms with Gasteiger partial charge in [0.25, 0.3) is 0 Å². The van der Waals surface area contributed by atoms with Gasteiger partial charge >= 0.3 is 5.97 Å². The molecule has 4 atom stereocenters. The zero-order valence-electron chi connectivity index (χ0n) is 20.1. The lowest BCUT2D eigenvalue weighted by Gasteiger charge is -2.27. The summed E-state index contributed by atoms with van der Waals surface area (Å²) in [5, 5.41) is 0. The fourth-order valence-electron chi connectivity index (χ4n) is 4.18. The van der Waals surface area contributed by atoms with Crippen LogP contribution in [-0.4, -0.2) is 45.5 Å². The number of cyclic esters (lactones) is 1. The number of hydrogen-bond donors (Lipinski definition) is 1. The standard InChI is InChI=1S/C25H41NO5/c1-16(2)19(14-21(26)23-15-20(17(3)4)25(27)31-23)12-18-8-9-22(29-6)24(13-18)30-11-7-10-28-5/h8-9,13,16-17,19-21,23H,7,10-12,14-15,26H2,1-6H3/t19-,20-,21?,23-/m0/s1. The van der Waals surface area contributed by atoms with Gasteiger partial charge in [-0.1, -0.05) is 33.8 Å². The van der Waals surface area contributed by atoms with Crippen molar-refractivity contribution in [1.29, 1.82) is 0 Å². The summed E-state index contributed by atoms with van der Waals surface area (Å²) >= 11 is 0. The van der Waals surface area contributed by atoms with Gasteiger partial charge in [0.1, 0.15) is 6.10 Å². The second-order valence-electron chi connectivity index (χ2n) is 9.35. The van der Waals surface area contributed by atoms with Crippen LogP contribution in [0.2, 0.25) is 0 Å². The molecule has 2 N–H and O–H groups in total. The molecule has 1 aliphatic rings. The summed E-state index contributed by atoms with van der Waals surface area (Å²) in [6.45, 7) is 9.82. The third-order valence-electron chi connectivity index (χ3n) is 6.33. The Labute approximate surface area is 187 Å². The minimum atomic E-state index is -0.184. The van der Waals surface area contributed by atoms with E-state index in [-0.39, 0.29) is 30.0 Å². The Morgan fingerprint density at radius 1 is 1.13 bits per heavy atom. The van der Waals surface area contributed by atoms with Crippen LogP contribution in [0.4, 0.5) is 0 Å². The summed E-state index contributed by atoms with van der Waals surface area (Å²) in [4.78, 5) is 12.2. The molecule has 1 aromatic carbocycles. The van der Waals surface area contributed by atoms with Gasteiger partial charge in [0.15, 0.2) is 11.5 Å². The average molecular weight is 436 g/mol. The predicted octanol–water partition coefficient (Wildman–Crippen LogP) is 4.23. The van der Waals surface area contributed by atoms with E-state index < -0.39 is 0 Å². The Bertz CT molecular complexity index is 690. The Balaban J connectivity index is 2.03. The molecule has 1 aliphatic heterocycles. The normalized spacial score (nSPS) is 20.7. The fourth-order valence-corrected chi connectivity index (χ4v) is 4.18. The molecular formula is C25H41NO5. The summed E-state index contributed by atoms with van der Waals surface area (Å²) in [7, 11) is 3.34. The van der Waals surface area contributed by atoms with Gasteiger partial charge in [0, 0.05) is 26.2 Å². The molecular weight excluding hydrogens is 394 g/mol. The van der Waals surface area contributed by atoms with Gasteiger partial charge in [-0.3, -0.25) is 4.79 Å². The van der Waals surface area contributed by atoms with E-state index in [1.165, 1.54) is 5.56 Å². The molecule has 176 valence electrons. The molecule has 0 bridgehead atoms. The molecule has 0 aromatic heterocycles. The number of carbonyl (C=O) groups is 1. The fraction of sp³-hybridized carbons (Fsp3) is 0.720. The van der Waals surface area contributed by atoms with Crippen LogP contribution >= 0.6 is 0 Å². The van der Waals surface area contributed by atoms with E-state index in [1.54, 1.807) is 14.2 Å². The van der Waals surface area contributed by atoms with E-state index in [9.17, 15) is 4.79 Å². The molecule has 1 heterocycles. The van der Waals surface area contributed by atoms with E-state index in [0.29, 0.717) is 25.0 Å². The molecule has 2 rings (SSSR count). The van der Waals surface area contributed by atoms with Crippen molar-refractivity contribution in [3.05, 3.63) is 23.8 Å². The third-order valence-corrected chi connectivity index (χ3v) is 6.33. The molecule has 0 saturated carbocycles. The second-order valence-corrected chi connectivity index (χ2v) is 9.35. The SMILES string of the molecule is COCCCOc1cc(C[C@@H](CC(N)[C@@H]2C[C@@H](C(C)C)C(=O)O2)C(C)C)ccc1OC. The monoisotopic (exact) mass is 435 g/mol. The smallest absolute Gasteiger partial charge is 0.309 e. The zero-order chi connectivity index (χ0) is 23.0. The van der Waals surface area contributed by atoms with Crippen molar-refractivity contribution in [3.8, 4) is 11.5 Å². The number of methoxy groups -OCH3 is 2. The van der Waals surface area contributed by atoms with Crippen molar-refractivity contribution < 1.29 is 23.7 Å². The number of hydrogen-bond acceptors (Lipinski definition) is 6. The van der Waals surface area contributed by atoms with E-state index in [4.69, 9.17) is 24.7 Å². The van der Waals surface area contributed by atoms with Crippen LogP contribution in [0.1, 0.15) is 52.5 Å². The lowest BCUT2D eigenvalue weighted by atomic mass is 9.82. The highest BCUT2D eigenvalue weighted by Crippen LogP contribution is 2.34. The first kappa shape index (κ1) is 25.5. The lowest BCUT2D eigenvalue weighted by molar-refractivity contribution is -0.146. The highest BCUT2D eigenvalue weighted by molar-refractivity contribution is 5.75. The molecule has 31 heavy (non-hydrogen) atoms. The first-order valence-corrected chi connectivity index (χ1v) is 11.5.